The number of Topliss-reactive ketones (excluding diaryl/α,β-unsaturated/α-hetero) is 1. The molecule has 22 heavy (non-hydrogen) atoms. The van der Waals surface area contributed by atoms with Gasteiger partial charge in [0.05, 0.1) is 0 Å². The maximum absolute atomic E-state index is 12.3. The Balaban J connectivity index is 0.00000176. The predicted molar refractivity (Wildman–Crippen MR) is 89.8 cm³/mol. The van der Waals surface area contributed by atoms with Crippen molar-refractivity contribution in [3.05, 3.63) is 29.3 Å². The molecule has 1 heterocycles. The number of fused-ring (bicyclic) bond motifs is 1. The van der Waals surface area contributed by atoms with E-state index in [-0.39, 0.29) is 30.0 Å². The van der Waals surface area contributed by atoms with Gasteiger partial charge in [-0.05, 0) is 56.8 Å². The quantitative estimate of drug-likeness (QED) is 0.880. The molecule has 0 bridgehead atoms. The van der Waals surface area contributed by atoms with Gasteiger partial charge in [-0.15, -0.1) is 12.4 Å². The van der Waals surface area contributed by atoms with Crippen LogP contribution < -0.4 is 10.6 Å². The number of aryl methyl sites for hydroxylation is 1. The Hall–Kier alpha value is -1.39. The number of anilines is 1. The molecule has 3 rings (SSSR count). The molecule has 1 aromatic rings. The fourth-order valence-corrected chi connectivity index (χ4v) is 3.32. The van der Waals surface area contributed by atoms with E-state index in [2.05, 4.69) is 17.6 Å². The number of ketones is 1. The van der Waals surface area contributed by atoms with E-state index in [1.165, 1.54) is 0 Å². The number of amides is 1. The molecule has 4 nitrogen and oxygen atoms in total. The maximum Gasteiger partial charge on any atom is 0.227 e. The first-order chi connectivity index (χ1) is 10.1. The lowest BCUT2D eigenvalue weighted by atomic mass is 9.90. The molecule has 2 N–H and O–H groups in total. The first kappa shape index (κ1) is 17.0. The van der Waals surface area contributed by atoms with Crippen molar-refractivity contribution in [1.82, 2.24) is 5.32 Å². The number of carbonyl (C=O) groups excluding carboxylic acids is 2. The summed E-state index contributed by atoms with van der Waals surface area (Å²) >= 11 is 0. The second kappa shape index (κ2) is 7.25. The fraction of sp³-hybridized carbons (Fsp3) is 0.529. The van der Waals surface area contributed by atoms with Gasteiger partial charge in [-0.25, -0.2) is 0 Å². The number of benzene rings is 1. The van der Waals surface area contributed by atoms with Gasteiger partial charge in [0.1, 0.15) is 0 Å². The van der Waals surface area contributed by atoms with Gasteiger partial charge in [0.2, 0.25) is 5.91 Å². The van der Waals surface area contributed by atoms with E-state index in [4.69, 9.17) is 0 Å². The van der Waals surface area contributed by atoms with Crippen molar-refractivity contribution in [3.8, 4) is 0 Å². The Morgan fingerprint density at radius 3 is 2.91 bits per heavy atom. The number of halogens is 1. The second-order valence-corrected chi connectivity index (χ2v) is 6.21. The summed E-state index contributed by atoms with van der Waals surface area (Å²) in [5, 5.41) is 6.34. The Labute approximate surface area is 137 Å². The van der Waals surface area contributed by atoms with Gasteiger partial charge in [0, 0.05) is 29.6 Å². The normalized spacial score (nSPS) is 24.1. The van der Waals surface area contributed by atoms with Crippen molar-refractivity contribution >= 4 is 29.8 Å². The van der Waals surface area contributed by atoms with E-state index < -0.39 is 0 Å². The van der Waals surface area contributed by atoms with Crippen LogP contribution in [-0.4, -0.2) is 24.3 Å². The molecule has 1 aliphatic heterocycles. The zero-order chi connectivity index (χ0) is 14.8. The molecular weight excluding hydrogens is 300 g/mol. The van der Waals surface area contributed by atoms with Crippen molar-refractivity contribution < 1.29 is 9.59 Å². The SMILES string of the molecule is C[C@H]1C[C@@H](C(=O)Nc2ccc3c(c2)C(=O)CCC3)CCN1.Cl. The number of carbonyl (C=O) groups is 2. The molecule has 0 spiro atoms. The van der Waals surface area contributed by atoms with Gasteiger partial charge in [-0.3, -0.25) is 9.59 Å². The van der Waals surface area contributed by atoms with Crippen molar-refractivity contribution in [3.63, 3.8) is 0 Å². The van der Waals surface area contributed by atoms with E-state index in [0.717, 1.165) is 49.0 Å². The van der Waals surface area contributed by atoms with Crippen LogP contribution in [0.15, 0.2) is 18.2 Å². The van der Waals surface area contributed by atoms with Crippen LogP contribution in [0.1, 0.15) is 48.5 Å². The van der Waals surface area contributed by atoms with E-state index in [9.17, 15) is 9.59 Å². The summed E-state index contributed by atoms with van der Waals surface area (Å²) in [7, 11) is 0. The highest BCUT2D eigenvalue weighted by Gasteiger charge is 2.25. The molecule has 1 saturated heterocycles. The lowest BCUT2D eigenvalue weighted by molar-refractivity contribution is -0.120. The van der Waals surface area contributed by atoms with Crippen LogP contribution in [-0.2, 0) is 11.2 Å². The lowest BCUT2D eigenvalue weighted by Crippen LogP contribution is -2.40. The Morgan fingerprint density at radius 2 is 2.14 bits per heavy atom. The van der Waals surface area contributed by atoms with E-state index in [0.29, 0.717) is 12.5 Å². The molecule has 5 heteroatoms. The summed E-state index contributed by atoms with van der Waals surface area (Å²) in [4.78, 5) is 24.3. The lowest BCUT2D eigenvalue weighted by Gasteiger charge is -2.27. The molecule has 1 aliphatic carbocycles. The highest BCUT2D eigenvalue weighted by molar-refractivity contribution is 6.00. The van der Waals surface area contributed by atoms with Gasteiger partial charge >= 0.3 is 0 Å². The van der Waals surface area contributed by atoms with Gasteiger partial charge in [-0.2, -0.15) is 0 Å². The third-order valence-electron chi connectivity index (χ3n) is 4.52. The minimum atomic E-state index is 0. The van der Waals surface area contributed by atoms with E-state index in [1.54, 1.807) is 0 Å². The molecule has 0 aromatic heterocycles. The Kier molecular flexibility index (Phi) is 5.59. The zero-order valence-electron chi connectivity index (χ0n) is 12.9. The first-order valence-corrected chi connectivity index (χ1v) is 7.84. The van der Waals surface area contributed by atoms with Crippen molar-refractivity contribution in [2.45, 2.75) is 45.1 Å². The summed E-state index contributed by atoms with van der Waals surface area (Å²) < 4.78 is 0. The molecular formula is C17H23ClN2O2. The molecule has 120 valence electrons. The standard InChI is InChI=1S/C17H22N2O2.ClH/c1-11-9-13(7-8-18-11)17(21)19-14-6-5-12-3-2-4-16(20)15(12)10-14;/h5-6,10-11,13,18H,2-4,7-9H2,1H3,(H,19,21);1H/t11-,13-;/m0./s1. The zero-order valence-corrected chi connectivity index (χ0v) is 13.7. The van der Waals surface area contributed by atoms with Crippen LogP contribution in [0, 0.1) is 5.92 Å². The van der Waals surface area contributed by atoms with Crippen molar-refractivity contribution in [1.29, 1.82) is 0 Å². The largest absolute Gasteiger partial charge is 0.326 e. The highest BCUT2D eigenvalue weighted by Crippen LogP contribution is 2.25. The molecule has 1 amide bonds. The molecule has 2 atom stereocenters. The Bertz CT molecular complexity index is 574. The third-order valence-corrected chi connectivity index (χ3v) is 4.52. The number of nitrogens with one attached hydrogen (secondary N) is 2. The van der Waals surface area contributed by atoms with Gasteiger partial charge < -0.3 is 10.6 Å². The topological polar surface area (TPSA) is 58.2 Å². The fourth-order valence-electron chi connectivity index (χ4n) is 3.32. The minimum absolute atomic E-state index is 0. The van der Waals surface area contributed by atoms with Gasteiger partial charge in [-0.1, -0.05) is 6.07 Å². The molecule has 1 aromatic carbocycles. The highest BCUT2D eigenvalue weighted by atomic mass is 35.5. The van der Waals surface area contributed by atoms with Gasteiger partial charge in [0.25, 0.3) is 0 Å². The third kappa shape index (κ3) is 3.68. The molecule has 2 aliphatic rings. The van der Waals surface area contributed by atoms with Crippen LogP contribution in [0.25, 0.3) is 0 Å². The number of hydrogen-bond acceptors (Lipinski definition) is 3. The summed E-state index contributed by atoms with van der Waals surface area (Å²) in [5.74, 6) is 0.336. The summed E-state index contributed by atoms with van der Waals surface area (Å²) in [6, 6.07) is 6.13. The second-order valence-electron chi connectivity index (χ2n) is 6.21. The summed E-state index contributed by atoms with van der Waals surface area (Å²) in [5.41, 5.74) is 2.65. The van der Waals surface area contributed by atoms with Crippen LogP contribution in [0.5, 0.6) is 0 Å². The van der Waals surface area contributed by atoms with Crippen molar-refractivity contribution in [2.24, 2.45) is 5.92 Å². The maximum atomic E-state index is 12.3. The monoisotopic (exact) mass is 322 g/mol. The first-order valence-electron chi connectivity index (χ1n) is 7.84. The predicted octanol–water partition coefficient (Wildman–Crippen LogP) is 2.95. The van der Waals surface area contributed by atoms with Crippen LogP contribution in [0.3, 0.4) is 0 Å². The van der Waals surface area contributed by atoms with Gasteiger partial charge in [0.15, 0.2) is 5.78 Å². The molecule has 1 fully saturated rings. The number of rotatable bonds is 2. The molecule has 0 saturated carbocycles. The minimum Gasteiger partial charge on any atom is -0.326 e. The smallest absolute Gasteiger partial charge is 0.227 e. The Morgan fingerprint density at radius 1 is 1.32 bits per heavy atom. The van der Waals surface area contributed by atoms with Crippen LogP contribution in [0.4, 0.5) is 5.69 Å². The van der Waals surface area contributed by atoms with Crippen molar-refractivity contribution in [2.75, 3.05) is 11.9 Å². The summed E-state index contributed by atoms with van der Waals surface area (Å²) in [6.07, 6.45) is 4.26. The number of piperidine rings is 1. The summed E-state index contributed by atoms with van der Waals surface area (Å²) in [6.45, 7) is 3.00. The van der Waals surface area contributed by atoms with Crippen LogP contribution >= 0.6 is 12.4 Å². The van der Waals surface area contributed by atoms with Crippen LogP contribution in [0.2, 0.25) is 0 Å². The average molecular weight is 323 g/mol. The number of hydrogen-bond donors (Lipinski definition) is 2. The van der Waals surface area contributed by atoms with E-state index in [1.807, 2.05) is 18.2 Å². The average Bonchev–Trinajstić information content (AvgIpc) is 2.48. The molecule has 0 radical (unpaired) electrons. The molecule has 0 unspecified atom stereocenters. The van der Waals surface area contributed by atoms with E-state index >= 15 is 0 Å².